The molecule has 0 radical (unpaired) electrons. The number of rotatable bonds is 7. The molecule has 1 aliphatic rings. The fourth-order valence-electron chi connectivity index (χ4n) is 2.22. The third-order valence-corrected chi connectivity index (χ3v) is 3.41. The molecule has 0 spiro atoms. The van der Waals surface area contributed by atoms with Crippen LogP contribution in [0.1, 0.15) is 47.0 Å². The summed E-state index contributed by atoms with van der Waals surface area (Å²) in [7, 11) is 1.77. The van der Waals surface area contributed by atoms with Crippen LogP contribution in [-0.4, -0.2) is 37.6 Å². The summed E-state index contributed by atoms with van der Waals surface area (Å²) < 4.78 is 5.05. The quantitative estimate of drug-likeness (QED) is 0.703. The summed E-state index contributed by atoms with van der Waals surface area (Å²) in [5.41, 5.74) is 0.0457. The average molecular weight is 321 g/mol. The Kier molecular flexibility index (Phi) is 8.26. The smallest absolute Gasteiger partial charge is 0.328 e. The third-order valence-electron chi connectivity index (χ3n) is 3.41. The molecule has 0 bridgehead atoms. The van der Waals surface area contributed by atoms with E-state index in [0.717, 1.165) is 19.3 Å². The molecule has 1 aliphatic carbocycles. The molecule has 2 unspecified atom stereocenters. The van der Waals surface area contributed by atoms with Gasteiger partial charge in [-0.25, -0.2) is 4.79 Å². The molecule has 6 heteroatoms. The molecule has 1 rings (SSSR count). The van der Waals surface area contributed by atoms with Crippen LogP contribution < -0.4 is 10.6 Å². The van der Waals surface area contributed by atoms with Crippen LogP contribution in [0.3, 0.4) is 0 Å². The molecule has 0 heterocycles. The first-order valence-corrected chi connectivity index (χ1v) is 7.42. The van der Waals surface area contributed by atoms with Gasteiger partial charge >= 0.3 is 5.97 Å². The number of hydrogen-bond donors (Lipinski definition) is 2. The van der Waals surface area contributed by atoms with E-state index in [1.54, 1.807) is 14.0 Å². The molecular formula is C15H29ClN2O3. The minimum atomic E-state index is -0.488. The zero-order valence-corrected chi connectivity index (χ0v) is 14.5. The van der Waals surface area contributed by atoms with Crippen LogP contribution in [0.25, 0.3) is 0 Å². The van der Waals surface area contributed by atoms with Gasteiger partial charge in [-0.05, 0) is 44.6 Å². The van der Waals surface area contributed by atoms with E-state index >= 15 is 0 Å². The maximum atomic E-state index is 12.3. The molecule has 2 atom stereocenters. The average Bonchev–Trinajstić information content (AvgIpc) is 3.15. The Morgan fingerprint density at radius 3 is 2.24 bits per heavy atom. The lowest BCUT2D eigenvalue weighted by Gasteiger charge is -2.26. The molecule has 0 aliphatic heterocycles. The number of carbonyl (C=O) groups excluding carboxylic acids is 2. The van der Waals surface area contributed by atoms with Crippen molar-refractivity contribution in [1.29, 1.82) is 0 Å². The molecule has 0 aromatic carbocycles. The highest BCUT2D eigenvalue weighted by Crippen LogP contribution is 2.33. The van der Waals surface area contributed by atoms with Gasteiger partial charge in [-0.2, -0.15) is 0 Å². The van der Waals surface area contributed by atoms with Crippen molar-refractivity contribution in [3.05, 3.63) is 0 Å². The molecule has 0 aromatic rings. The number of hydrogen-bond acceptors (Lipinski definition) is 4. The van der Waals surface area contributed by atoms with Gasteiger partial charge in [0, 0.05) is 0 Å². The SMILES string of the molecule is CCOC(=O)C(NC(=O)C(CC(C)(C)C)NC)C1CC1.Cl. The van der Waals surface area contributed by atoms with E-state index in [-0.39, 0.29) is 41.7 Å². The summed E-state index contributed by atoms with van der Waals surface area (Å²) >= 11 is 0. The molecule has 1 fully saturated rings. The Bertz CT molecular complexity index is 351. The lowest BCUT2D eigenvalue weighted by molar-refractivity contribution is -0.148. The molecule has 2 N–H and O–H groups in total. The van der Waals surface area contributed by atoms with Gasteiger partial charge in [0.05, 0.1) is 12.6 Å². The Morgan fingerprint density at radius 1 is 1.29 bits per heavy atom. The molecule has 124 valence electrons. The van der Waals surface area contributed by atoms with Crippen molar-refractivity contribution in [3.63, 3.8) is 0 Å². The van der Waals surface area contributed by atoms with E-state index in [2.05, 4.69) is 31.4 Å². The van der Waals surface area contributed by atoms with Gasteiger partial charge in [0.15, 0.2) is 0 Å². The number of carbonyl (C=O) groups is 2. The van der Waals surface area contributed by atoms with E-state index in [4.69, 9.17) is 4.74 Å². The highest BCUT2D eigenvalue weighted by Gasteiger charge is 2.39. The van der Waals surface area contributed by atoms with Gasteiger partial charge in [-0.15, -0.1) is 12.4 Å². The number of esters is 1. The second-order valence-electron chi connectivity index (χ2n) is 6.68. The summed E-state index contributed by atoms with van der Waals surface area (Å²) in [5.74, 6) is -0.188. The molecular weight excluding hydrogens is 292 g/mol. The Hall–Kier alpha value is -0.810. The first kappa shape index (κ1) is 20.2. The van der Waals surface area contributed by atoms with Crippen molar-refractivity contribution in [2.24, 2.45) is 11.3 Å². The van der Waals surface area contributed by atoms with Crippen LogP contribution in [0.15, 0.2) is 0 Å². The normalized spacial score (nSPS) is 17.4. The van der Waals surface area contributed by atoms with Crippen molar-refractivity contribution in [2.45, 2.75) is 59.0 Å². The van der Waals surface area contributed by atoms with E-state index in [0.29, 0.717) is 6.61 Å². The van der Waals surface area contributed by atoms with Crippen LogP contribution in [0, 0.1) is 11.3 Å². The van der Waals surface area contributed by atoms with Crippen molar-refractivity contribution < 1.29 is 14.3 Å². The largest absolute Gasteiger partial charge is 0.464 e. The first-order valence-electron chi connectivity index (χ1n) is 7.42. The van der Waals surface area contributed by atoms with Crippen molar-refractivity contribution >= 4 is 24.3 Å². The zero-order valence-electron chi connectivity index (χ0n) is 13.7. The Balaban J connectivity index is 0.00000400. The summed E-state index contributed by atoms with van der Waals surface area (Å²) in [5, 5.41) is 5.89. The van der Waals surface area contributed by atoms with E-state index in [9.17, 15) is 9.59 Å². The summed E-state index contributed by atoms with van der Waals surface area (Å²) in [4.78, 5) is 24.2. The predicted molar refractivity (Wildman–Crippen MR) is 85.5 cm³/mol. The van der Waals surface area contributed by atoms with E-state index in [1.165, 1.54) is 0 Å². The van der Waals surface area contributed by atoms with Crippen molar-refractivity contribution in [1.82, 2.24) is 10.6 Å². The van der Waals surface area contributed by atoms with Gasteiger partial charge in [0.25, 0.3) is 0 Å². The fourth-order valence-corrected chi connectivity index (χ4v) is 2.22. The van der Waals surface area contributed by atoms with Crippen LogP contribution in [-0.2, 0) is 14.3 Å². The van der Waals surface area contributed by atoms with E-state index in [1.807, 2.05) is 0 Å². The monoisotopic (exact) mass is 320 g/mol. The van der Waals surface area contributed by atoms with Crippen molar-refractivity contribution in [3.8, 4) is 0 Å². The van der Waals surface area contributed by atoms with Gasteiger partial charge in [0.2, 0.25) is 5.91 Å². The zero-order chi connectivity index (χ0) is 15.3. The maximum absolute atomic E-state index is 12.3. The van der Waals surface area contributed by atoms with Crippen LogP contribution in [0.4, 0.5) is 0 Å². The highest BCUT2D eigenvalue weighted by molar-refractivity contribution is 5.88. The summed E-state index contributed by atoms with van der Waals surface area (Å²) in [6.07, 6.45) is 2.68. The molecule has 1 saturated carbocycles. The number of likely N-dealkylation sites (N-methyl/N-ethyl adjacent to an activating group) is 1. The lowest BCUT2D eigenvalue weighted by atomic mass is 9.87. The summed E-state index contributed by atoms with van der Waals surface area (Å²) in [6, 6.07) is -0.774. The van der Waals surface area contributed by atoms with Gasteiger partial charge < -0.3 is 15.4 Å². The third kappa shape index (κ3) is 7.14. The first-order chi connectivity index (χ1) is 9.28. The minimum absolute atomic E-state index is 0. The minimum Gasteiger partial charge on any atom is -0.464 e. The van der Waals surface area contributed by atoms with Crippen LogP contribution in [0.5, 0.6) is 0 Å². The maximum Gasteiger partial charge on any atom is 0.328 e. The second kappa shape index (κ2) is 8.59. The second-order valence-corrected chi connectivity index (χ2v) is 6.68. The van der Waals surface area contributed by atoms with Gasteiger partial charge in [-0.1, -0.05) is 20.8 Å². The predicted octanol–water partition coefficient (Wildman–Crippen LogP) is 1.89. The molecule has 5 nitrogen and oxygen atoms in total. The molecule has 0 aromatic heterocycles. The highest BCUT2D eigenvalue weighted by atomic mass is 35.5. The topological polar surface area (TPSA) is 67.4 Å². The van der Waals surface area contributed by atoms with Crippen LogP contribution in [0.2, 0.25) is 0 Å². The van der Waals surface area contributed by atoms with Gasteiger partial charge in [0.1, 0.15) is 6.04 Å². The van der Waals surface area contributed by atoms with Crippen molar-refractivity contribution in [2.75, 3.05) is 13.7 Å². The Labute approximate surface area is 134 Å². The molecule has 0 saturated heterocycles. The summed E-state index contributed by atoms with van der Waals surface area (Å²) in [6.45, 7) is 8.39. The number of nitrogens with one attached hydrogen (secondary N) is 2. The van der Waals surface area contributed by atoms with Crippen LogP contribution >= 0.6 is 12.4 Å². The van der Waals surface area contributed by atoms with E-state index < -0.39 is 6.04 Å². The fraction of sp³-hybridized carbons (Fsp3) is 0.867. The lowest BCUT2D eigenvalue weighted by Crippen LogP contribution is -2.51. The number of halogens is 1. The molecule has 1 amide bonds. The van der Waals surface area contributed by atoms with Gasteiger partial charge in [-0.3, -0.25) is 4.79 Å². The number of ether oxygens (including phenoxy) is 1. The Morgan fingerprint density at radius 2 is 1.86 bits per heavy atom. The molecule has 21 heavy (non-hydrogen) atoms. The standard InChI is InChI=1S/C15H28N2O3.ClH/c1-6-20-14(19)12(10-7-8-10)17-13(18)11(16-5)9-15(2,3)4;/h10-12,16H,6-9H2,1-5H3,(H,17,18);1H. The number of amides is 1.